The fraction of sp³-hybridized carbons (Fsp3) is 0.618. The molecule has 6 rings (SSSR count). The van der Waals surface area contributed by atoms with Gasteiger partial charge in [0, 0.05) is 50.1 Å². The number of ether oxygens (including phenoxy) is 1. The third-order valence-corrected chi connectivity index (χ3v) is 10.8. The van der Waals surface area contributed by atoms with Crippen LogP contribution >= 0.6 is 0 Å². The Morgan fingerprint density at radius 1 is 1.07 bits per heavy atom. The average molecular weight is 574 g/mol. The highest BCUT2D eigenvalue weighted by Gasteiger charge is 2.53. The van der Waals surface area contributed by atoms with Crippen LogP contribution in [0.1, 0.15) is 56.1 Å². The first-order valence-electron chi connectivity index (χ1n) is 15.9. The molecule has 4 heterocycles. The van der Waals surface area contributed by atoms with Gasteiger partial charge in [0.05, 0.1) is 12.7 Å². The summed E-state index contributed by atoms with van der Waals surface area (Å²) in [4.78, 5) is 24.5. The smallest absolute Gasteiger partial charge is 0.305 e. The number of halogens is 1. The maximum Gasteiger partial charge on any atom is 0.305 e. The summed E-state index contributed by atoms with van der Waals surface area (Å²) < 4.78 is 20.0. The molecule has 0 unspecified atom stereocenters. The number of methoxy groups -OCH3 is 1. The number of aromatic nitrogens is 1. The third kappa shape index (κ3) is 5.91. The predicted molar refractivity (Wildman–Crippen MR) is 160 cm³/mol. The van der Waals surface area contributed by atoms with E-state index in [2.05, 4.69) is 31.8 Å². The highest BCUT2D eigenvalue weighted by molar-refractivity contribution is 5.69. The van der Waals surface area contributed by atoms with E-state index in [0.29, 0.717) is 29.7 Å². The number of esters is 1. The number of hydrogen-bond acceptors (Lipinski definition) is 7. The number of carbonyl (C=O) groups is 1. The number of rotatable bonds is 10. The van der Waals surface area contributed by atoms with Gasteiger partial charge in [0.15, 0.2) is 0 Å². The molecule has 1 aliphatic carbocycles. The summed E-state index contributed by atoms with van der Waals surface area (Å²) in [5, 5.41) is 9.04. The summed E-state index contributed by atoms with van der Waals surface area (Å²) in [6, 6.07) is 13.4. The zero-order valence-corrected chi connectivity index (χ0v) is 24.9. The second-order valence-electron chi connectivity index (χ2n) is 13.1. The zero-order valence-electron chi connectivity index (χ0n) is 24.9. The van der Waals surface area contributed by atoms with Crippen molar-refractivity contribution in [3.05, 3.63) is 59.5 Å². The molecule has 0 amide bonds. The van der Waals surface area contributed by atoms with Gasteiger partial charge in [0.1, 0.15) is 17.7 Å². The van der Waals surface area contributed by atoms with Gasteiger partial charge < -0.3 is 19.4 Å². The number of benzene rings is 1. The molecule has 7 nitrogen and oxygen atoms in total. The summed E-state index contributed by atoms with van der Waals surface area (Å²) in [6.45, 7) is 8.37. The normalized spacial score (nSPS) is 25.3. The monoisotopic (exact) mass is 573 g/mol. The molecule has 1 aromatic carbocycles. The third-order valence-electron chi connectivity index (χ3n) is 10.8. The first-order chi connectivity index (χ1) is 20.5. The lowest BCUT2D eigenvalue weighted by molar-refractivity contribution is -0.142. The van der Waals surface area contributed by atoms with Crippen LogP contribution in [0.5, 0.6) is 0 Å². The molecule has 1 aromatic heterocycles. The summed E-state index contributed by atoms with van der Waals surface area (Å²) >= 11 is 0. The van der Waals surface area contributed by atoms with E-state index in [4.69, 9.17) is 10.00 Å². The summed E-state index contributed by atoms with van der Waals surface area (Å²) in [6.07, 6.45) is 8.79. The maximum absolute atomic E-state index is 14.9. The van der Waals surface area contributed by atoms with Gasteiger partial charge in [-0.05, 0) is 106 Å². The molecule has 1 saturated carbocycles. The molecule has 8 heteroatoms. The van der Waals surface area contributed by atoms with Gasteiger partial charge >= 0.3 is 5.97 Å². The number of pyridine rings is 1. The predicted octanol–water partition coefficient (Wildman–Crippen LogP) is 4.86. The van der Waals surface area contributed by atoms with Gasteiger partial charge in [0.25, 0.3) is 0 Å². The van der Waals surface area contributed by atoms with Gasteiger partial charge in [-0.15, -0.1) is 0 Å². The lowest BCUT2D eigenvalue weighted by atomic mass is 9.56. The summed E-state index contributed by atoms with van der Waals surface area (Å²) in [7, 11) is 1.49. The van der Waals surface area contributed by atoms with E-state index in [0.717, 1.165) is 95.8 Å². The van der Waals surface area contributed by atoms with Crippen molar-refractivity contribution < 1.29 is 13.9 Å². The Hall–Kier alpha value is -3.02. The molecule has 0 radical (unpaired) electrons. The SMILES string of the molecule is COC(=O)C[C@H]1CCC[C@@H]1[C@](CN1CCC1)(c1cccc(F)c1)C1CCN(CC2CN(c3ccc(C#N)cn3)C2)CC1. The van der Waals surface area contributed by atoms with Crippen molar-refractivity contribution in [1.29, 1.82) is 5.26 Å². The van der Waals surface area contributed by atoms with Crippen LogP contribution in [0.3, 0.4) is 0 Å². The largest absolute Gasteiger partial charge is 0.469 e. The van der Waals surface area contributed by atoms with Crippen molar-refractivity contribution in [3.63, 3.8) is 0 Å². The van der Waals surface area contributed by atoms with Crippen molar-refractivity contribution in [2.24, 2.45) is 23.7 Å². The van der Waals surface area contributed by atoms with Crippen molar-refractivity contribution in [2.75, 3.05) is 64.4 Å². The molecular formula is C34H44FN5O2. The molecule has 4 fully saturated rings. The number of nitrogens with zero attached hydrogens (tertiary/aromatic N) is 5. The Balaban J connectivity index is 1.17. The highest BCUT2D eigenvalue weighted by atomic mass is 19.1. The topological polar surface area (TPSA) is 72.7 Å². The molecular weight excluding hydrogens is 529 g/mol. The Morgan fingerprint density at radius 3 is 2.52 bits per heavy atom. The van der Waals surface area contributed by atoms with Crippen LogP contribution in [0.2, 0.25) is 0 Å². The number of piperidine rings is 1. The number of nitriles is 1. The molecule has 4 aliphatic rings. The van der Waals surface area contributed by atoms with Gasteiger partial charge in [-0.25, -0.2) is 9.37 Å². The Kier molecular flexibility index (Phi) is 8.78. The van der Waals surface area contributed by atoms with E-state index in [1.807, 2.05) is 18.2 Å². The second kappa shape index (κ2) is 12.7. The van der Waals surface area contributed by atoms with E-state index in [1.54, 1.807) is 18.3 Å². The number of anilines is 1. The van der Waals surface area contributed by atoms with Crippen LogP contribution in [-0.2, 0) is 14.9 Å². The fourth-order valence-electron chi connectivity index (χ4n) is 8.54. The van der Waals surface area contributed by atoms with Gasteiger partial charge in [-0.2, -0.15) is 5.26 Å². The van der Waals surface area contributed by atoms with E-state index >= 15 is 0 Å². The van der Waals surface area contributed by atoms with Gasteiger partial charge in [-0.3, -0.25) is 4.79 Å². The molecule has 0 bridgehead atoms. The number of carbonyl (C=O) groups excluding carboxylic acids is 1. The quantitative estimate of drug-likeness (QED) is 0.376. The van der Waals surface area contributed by atoms with Gasteiger partial charge in [0.2, 0.25) is 0 Å². The van der Waals surface area contributed by atoms with Crippen molar-refractivity contribution in [2.45, 2.75) is 50.4 Å². The Bertz CT molecular complexity index is 1260. The van der Waals surface area contributed by atoms with E-state index < -0.39 is 0 Å². The second-order valence-corrected chi connectivity index (χ2v) is 13.1. The highest BCUT2D eigenvalue weighted by Crippen LogP contribution is 2.54. The van der Waals surface area contributed by atoms with Crippen LogP contribution in [0, 0.1) is 40.8 Å². The van der Waals surface area contributed by atoms with Crippen molar-refractivity contribution in [3.8, 4) is 6.07 Å². The molecule has 3 atom stereocenters. The molecule has 0 spiro atoms. The fourth-order valence-corrected chi connectivity index (χ4v) is 8.54. The minimum absolute atomic E-state index is 0.121. The molecule has 3 aliphatic heterocycles. The maximum atomic E-state index is 14.9. The van der Waals surface area contributed by atoms with E-state index in [1.165, 1.54) is 13.5 Å². The van der Waals surface area contributed by atoms with Crippen molar-refractivity contribution in [1.82, 2.24) is 14.8 Å². The van der Waals surface area contributed by atoms with Crippen LogP contribution in [0.4, 0.5) is 10.2 Å². The van der Waals surface area contributed by atoms with Crippen LogP contribution < -0.4 is 4.90 Å². The Morgan fingerprint density at radius 2 is 1.88 bits per heavy atom. The molecule has 2 aromatic rings. The lowest BCUT2D eigenvalue weighted by Crippen LogP contribution is -2.58. The van der Waals surface area contributed by atoms with Gasteiger partial charge in [-0.1, -0.05) is 18.6 Å². The van der Waals surface area contributed by atoms with Crippen LogP contribution in [0.25, 0.3) is 0 Å². The summed E-state index contributed by atoms with van der Waals surface area (Å²) in [5.74, 6) is 2.35. The standard InChI is InChI=1S/C34H44FN5O2/c1-42-33(41)17-27-5-2-8-31(27)34(24-39-13-4-14-39,29-6-3-7-30(35)18-29)28-11-15-38(16-12-28)21-26-22-40(23-26)32-10-9-25(19-36)20-37-32/h3,6-7,9-10,18,20,26-28,31H,2,4-5,8,11-17,21-24H2,1H3/t27-,31+,34+/m1/s1. The first-order valence-corrected chi connectivity index (χ1v) is 15.9. The van der Waals surface area contributed by atoms with Crippen LogP contribution in [-0.4, -0.2) is 80.2 Å². The lowest BCUT2D eigenvalue weighted by Gasteiger charge is -2.54. The van der Waals surface area contributed by atoms with Crippen molar-refractivity contribution >= 4 is 11.8 Å². The summed E-state index contributed by atoms with van der Waals surface area (Å²) in [5.41, 5.74) is 1.56. The Labute approximate surface area is 249 Å². The minimum atomic E-state index is -0.168. The first kappa shape index (κ1) is 29.1. The molecule has 42 heavy (non-hydrogen) atoms. The molecule has 0 N–H and O–H groups in total. The number of likely N-dealkylation sites (tertiary alicyclic amines) is 2. The molecule has 224 valence electrons. The molecule has 3 saturated heterocycles. The van der Waals surface area contributed by atoms with Crippen LogP contribution in [0.15, 0.2) is 42.6 Å². The average Bonchev–Trinajstić information content (AvgIpc) is 3.43. The number of hydrogen-bond donors (Lipinski definition) is 0. The zero-order chi connectivity index (χ0) is 29.1. The minimum Gasteiger partial charge on any atom is -0.469 e. The van der Waals surface area contributed by atoms with E-state index in [-0.39, 0.29) is 23.1 Å². The van der Waals surface area contributed by atoms with E-state index in [9.17, 15) is 9.18 Å².